The Bertz CT molecular complexity index is 263. The molecular formula is C12H21NO3. The molecule has 1 aliphatic rings. The number of amides is 1. The van der Waals surface area contributed by atoms with Crippen molar-refractivity contribution in [1.29, 1.82) is 0 Å². The van der Waals surface area contributed by atoms with E-state index >= 15 is 0 Å². The highest BCUT2D eigenvalue weighted by molar-refractivity contribution is 5.80. The van der Waals surface area contributed by atoms with Crippen LogP contribution in [0.3, 0.4) is 0 Å². The van der Waals surface area contributed by atoms with Gasteiger partial charge < -0.3 is 10.1 Å². The molecule has 4 heteroatoms. The van der Waals surface area contributed by atoms with Gasteiger partial charge in [0.25, 0.3) is 0 Å². The maximum atomic E-state index is 11.4. The molecule has 1 fully saturated rings. The highest BCUT2D eigenvalue weighted by Crippen LogP contribution is 2.19. The van der Waals surface area contributed by atoms with Crippen molar-refractivity contribution < 1.29 is 14.3 Å². The van der Waals surface area contributed by atoms with E-state index in [1.807, 2.05) is 6.92 Å². The van der Waals surface area contributed by atoms with Gasteiger partial charge in [0.15, 0.2) is 0 Å². The maximum Gasteiger partial charge on any atom is 0.306 e. The van der Waals surface area contributed by atoms with Gasteiger partial charge in [-0.3, -0.25) is 9.59 Å². The lowest BCUT2D eigenvalue weighted by Crippen LogP contribution is -2.35. The van der Waals surface area contributed by atoms with Gasteiger partial charge in [0.05, 0.1) is 12.5 Å². The quantitative estimate of drug-likeness (QED) is 0.726. The van der Waals surface area contributed by atoms with E-state index in [0.717, 1.165) is 12.8 Å². The predicted molar refractivity (Wildman–Crippen MR) is 60.8 cm³/mol. The van der Waals surface area contributed by atoms with E-state index in [1.165, 1.54) is 0 Å². The molecule has 16 heavy (non-hydrogen) atoms. The van der Waals surface area contributed by atoms with Crippen LogP contribution in [0.5, 0.6) is 0 Å². The molecule has 1 heterocycles. The zero-order chi connectivity index (χ0) is 12.1. The largest absolute Gasteiger partial charge is 0.460 e. The van der Waals surface area contributed by atoms with Gasteiger partial charge in [-0.1, -0.05) is 20.8 Å². The van der Waals surface area contributed by atoms with Gasteiger partial charge in [-0.05, 0) is 18.8 Å². The Hall–Kier alpha value is -1.06. The third-order valence-corrected chi connectivity index (χ3v) is 2.64. The maximum absolute atomic E-state index is 11.4. The summed E-state index contributed by atoms with van der Waals surface area (Å²) in [7, 11) is 0. The van der Waals surface area contributed by atoms with Gasteiger partial charge in [-0.2, -0.15) is 0 Å². The van der Waals surface area contributed by atoms with Crippen LogP contribution < -0.4 is 5.32 Å². The second-order valence-electron chi connectivity index (χ2n) is 4.79. The first kappa shape index (κ1) is 13.0. The van der Waals surface area contributed by atoms with Gasteiger partial charge in [-0.15, -0.1) is 0 Å². The van der Waals surface area contributed by atoms with E-state index in [9.17, 15) is 9.59 Å². The molecule has 4 nitrogen and oxygen atoms in total. The Morgan fingerprint density at radius 2 is 2.25 bits per heavy atom. The highest BCUT2D eigenvalue weighted by atomic mass is 16.5. The summed E-state index contributed by atoms with van der Waals surface area (Å²) in [4.78, 5) is 22.7. The molecule has 1 saturated heterocycles. The van der Waals surface area contributed by atoms with Crippen LogP contribution in [0.25, 0.3) is 0 Å². The monoisotopic (exact) mass is 227 g/mol. The molecule has 1 rings (SSSR count). The van der Waals surface area contributed by atoms with E-state index in [1.54, 1.807) is 0 Å². The lowest BCUT2D eigenvalue weighted by atomic mass is 10.0. The molecule has 0 radical (unpaired) electrons. The van der Waals surface area contributed by atoms with Crippen molar-refractivity contribution >= 4 is 11.9 Å². The third kappa shape index (κ3) is 3.83. The Labute approximate surface area is 96.7 Å². The Morgan fingerprint density at radius 1 is 1.56 bits per heavy atom. The van der Waals surface area contributed by atoms with Crippen LogP contribution in [-0.4, -0.2) is 24.0 Å². The molecule has 0 bridgehead atoms. The highest BCUT2D eigenvalue weighted by Gasteiger charge is 2.35. The van der Waals surface area contributed by atoms with Crippen molar-refractivity contribution in [2.24, 2.45) is 5.92 Å². The van der Waals surface area contributed by atoms with Crippen LogP contribution in [0.2, 0.25) is 0 Å². The summed E-state index contributed by atoms with van der Waals surface area (Å²) < 4.78 is 5.31. The van der Waals surface area contributed by atoms with Crippen molar-refractivity contribution in [3.8, 4) is 0 Å². The second-order valence-corrected chi connectivity index (χ2v) is 4.79. The van der Waals surface area contributed by atoms with Crippen molar-refractivity contribution in [1.82, 2.24) is 5.32 Å². The molecule has 0 aromatic heterocycles. The molecule has 0 unspecified atom stereocenters. The van der Waals surface area contributed by atoms with Gasteiger partial charge >= 0.3 is 5.97 Å². The fourth-order valence-electron chi connectivity index (χ4n) is 1.96. The fraction of sp³-hybridized carbons (Fsp3) is 0.833. The van der Waals surface area contributed by atoms with E-state index in [-0.39, 0.29) is 24.0 Å². The SMILES string of the molecule is CCCC(=O)O[C@@H]1CC(=O)N[C@@H]1CC(C)C. The first-order valence-electron chi connectivity index (χ1n) is 6.01. The predicted octanol–water partition coefficient (Wildman–Crippen LogP) is 1.63. The topological polar surface area (TPSA) is 55.4 Å². The summed E-state index contributed by atoms with van der Waals surface area (Å²) in [5, 5.41) is 2.87. The summed E-state index contributed by atoms with van der Waals surface area (Å²) in [5.41, 5.74) is 0. The van der Waals surface area contributed by atoms with Crippen LogP contribution in [0, 0.1) is 5.92 Å². The number of ether oxygens (including phenoxy) is 1. The first-order chi connectivity index (χ1) is 7.52. The van der Waals surface area contributed by atoms with Crippen LogP contribution in [0.15, 0.2) is 0 Å². The van der Waals surface area contributed by atoms with Crippen LogP contribution in [0.4, 0.5) is 0 Å². The van der Waals surface area contributed by atoms with E-state index in [2.05, 4.69) is 19.2 Å². The standard InChI is InChI=1S/C12H21NO3/c1-4-5-12(15)16-10-7-11(14)13-9(10)6-8(2)3/h8-10H,4-7H2,1-3H3,(H,13,14)/t9-,10-/m1/s1. The van der Waals surface area contributed by atoms with Crippen LogP contribution >= 0.6 is 0 Å². The summed E-state index contributed by atoms with van der Waals surface area (Å²) in [6.07, 6.45) is 2.11. The molecule has 0 saturated carbocycles. The minimum Gasteiger partial charge on any atom is -0.460 e. The first-order valence-corrected chi connectivity index (χ1v) is 6.01. The molecule has 92 valence electrons. The van der Waals surface area contributed by atoms with Crippen molar-refractivity contribution in [3.05, 3.63) is 0 Å². The number of rotatable bonds is 5. The number of esters is 1. The molecular weight excluding hydrogens is 206 g/mol. The summed E-state index contributed by atoms with van der Waals surface area (Å²) >= 11 is 0. The normalized spacial score (nSPS) is 24.6. The fourth-order valence-corrected chi connectivity index (χ4v) is 1.96. The number of carbonyl (C=O) groups is 2. The van der Waals surface area contributed by atoms with Crippen molar-refractivity contribution in [2.75, 3.05) is 0 Å². The second kappa shape index (κ2) is 5.87. The molecule has 0 aliphatic carbocycles. The molecule has 1 aliphatic heterocycles. The molecule has 0 spiro atoms. The van der Waals surface area contributed by atoms with Crippen molar-refractivity contribution in [3.63, 3.8) is 0 Å². The Morgan fingerprint density at radius 3 is 2.81 bits per heavy atom. The summed E-state index contributed by atoms with van der Waals surface area (Å²) in [6.45, 7) is 6.12. The average Bonchev–Trinajstić information content (AvgIpc) is 2.45. The third-order valence-electron chi connectivity index (χ3n) is 2.64. The summed E-state index contributed by atoms with van der Waals surface area (Å²) in [5.74, 6) is 0.272. The lowest BCUT2D eigenvalue weighted by Gasteiger charge is -2.20. The zero-order valence-corrected chi connectivity index (χ0v) is 10.3. The summed E-state index contributed by atoms with van der Waals surface area (Å²) in [6, 6.07) is -0.00620. The number of carbonyl (C=O) groups excluding carboxylic acids is 2. The van der Waals surface area contributed by atoms with Crippen LogP contribution in [0.1, 0.15) is 46.5 Å². The van der Waals surface area contributed by atoms with Crippen molar-refractivity contribution in [2.45, 2.75) is 58.6 Å². The van der Waals surface area contributed by atoms with Crippen LogP contribution in [-0.2, 0) is 14.3 Å². The van der Waals surface area contributed by atoms with Gasteiger partial charge in [0.2, 0.25) is 5.91 Å². The molecule has 2 atom stereocenters. The van der Waals surface area contributed by atoms with E-state index in [4.69, 9.17) is 4.74 Å². The minimum atomic E-state index is -0.269. The van der Waals surface area contributed by atoms with Gasteiger partial charge in [-0.25, -0.2) is 0 Å². The molecule has 0 aromatic rings. The zero-order valence-electron chi connectivity index (χ0n) is 10.3. The smallest absolute Gasteiger partial charge is 0.306 e. The van der Waals surface area contributed by atoms with Gasteiger partial charge in [0, 0.05) is 6.42 Å². The average molecular weight is 227 g/mol. The Balaban J connectivity index is 2.49. The molecule has 0 aromatic carbocycles. The number of hydrogen-bond donors (Lipinski definition) is 1. The Kier molecular flexibility index (Phi) is 4.77. The lowest BCUT2D eigenvalue weighted by molar-refractivity contribution is -0.149. The number of nitrogens with one attached hydrogen (secondary N) is 1. The minimum absolute atomic E-state index is 0.00620. The number of hydrogen-bond acceptors (Lipinski definition) is 3. The van der Waals surface area contributed by atoms with E-state index in [0.29, 0.717) is 18.8 Å². The van der Waals surface area contributed by atoms with Gasteiger partial charge in [0.1, 0.15) is 6.10 Å². The molecule has 1 amide bonds. The molecule has 1 N–H and O–H groups in total. The van der Waals surface area contributed by atoms with E-state index < -0.39 is 0 Å².